The Hall–Kier alpha value is -3.06. The molecule has 144 valence electrons. The quantitative estimate of drug-likeness (QED) is 0.365. The summed E-state index contributed by atoms with van der Waals surface area (Å²) in [5, 5.41) is 14.1. The van der Waals surface area contributed by atoms with Gasteiger partial charge in [0.25, 0.3) is 5.69 Å². The number of nitro groups is 1. The molecule has 0 aliphatic heterocycles. The number of hydrogen-bond donors (Lipinski definition) is 1. The molecular weight excluding hydrogens is 424 g/mol. The molecule has 0 saturated carbocycles. The summed E-state index contributed by atoms with van der Waals surface area (Å²) in [6, 6.07) is 20.1. The van der Waals surface area contributed by atoms with Crippen molar-refractivity contribution in [3.63, 3.8) is 0 Å². The normalized spacial score (nSPS) is 10.4. The summed E-state index contributed by atoms with van der Waals surface area (Å²) in [6.07, 6.45) is 0. The monoisotopic (exact) mass is 442 g/mol. The van der Waals surface area contributed by atoms with Gasteiger partial charge in [-0.3, -0.25) is 10.1 Å². The van der Waals surface area contributed by atoms with E-state index in [1.807, 2.05) is 42.5 Å². The second kappa shape index (κ2) is 9.23. The van der Waals surface area contributed by atoms with Gasteiger partial charge in [0.15, 0.2) is 11.5 Å². The molecule has 7 heteroatoms. The van der Waals surface area contributed by atoms with Gasteiger partial charge >= 0.3 is 0 Å². The fourth-order valence-electron chi connectivity index (χ4n) is 2.68. The molecule has 3 aromatic rings. The first-order valence-electron chi connectivity index (χ1n) is 8.58. The number of non-ortho nitro benzene ring substituents is 1. The van der Waals surface area contributed by atoms with Crippen LogP contribution >= 0.6 is 15.9 Å². The van der Waals surface area contributed by atoms with Crippen molar-refractivity contribution in [3.05, 3.63) is 92.4 Å². The first-order chi connectivity index (χ1) is 13.6. The zero-order valence-electron chi connectivity index (χ0n) is 15.2. The third-order valence-electron chi connectivity index (χ3n) is 4.07. The Labute approximate surface area is 171 Å². The van der Waals surface area contributed by atoms with Crippen molar-refractivity contribution in [3.8, 4) is 11.5 Å². The van der Waals surface area contributed by atoms with Gasteiger partial charge in [-0.05, 0) is 45.3 Å². The van der Waals surface area contributed by atoms with Gasteiger partial charge in [0.2, 0.25) is 0 Å². The molecule has 6 nitrogen and oxygen atoms in total. The highest BCUT2D eigenvalue weighted by Gasteiger charge is 2.12. The van der Waals surface area contributed by atoms with Gasteiger partial charge in [0.1, 0.15) is 6.61 Å². The van der Waals surface area contributed by atoms with Crippen LogP contribution in [0.15, 0.2) is 71.2 Å². The highest BCUT2D eigenvalue weighted by atomic mass is 79.9. The van der Waals surface area contributed by atoms with Crippen LogP contribution in [-0.4, -0.2) is 12.0 Å². The lowest BCUT2D eigenvalue weighted by Gasteiger charge is -2.15. The largest absolute Gasteiger partial charge is 0.493 e. The van der Waals surface area contributed by atoms with Crippen molar-refractivity contribution < 1.29 is 14.4 Å². The van der Waals surface area contributed by atoms with E-state index in [2.05, 4.69) is 21.2 Å². The van der Waals surface area contributed by atoms with Crippen LogP contribution in [0, 0.1) is 10.1 Å². The molecule has 1 N–H and O–H groups in total. The number of nitrogens with zero attached hydrogens (tertiary/aromatic N) is 1. The maximum absolute atomic E-state index is 10.9. The Bertz CT molecular complexity index is 964. The molecule has 3 aromatic carbocycles. The van der Waals surface area contributed by atoms with Crippen molar-refractivity contribution >= 4 is 27.3 Å². The maximum Gasteiger partial charge on any atom is 0.271 e. The predicted octanol–water partition coefficient (Wildman–Crippen LogP) is 5.56. The summed E-state index contributed by atoms with van der Waals surface area (Å²) in [5.41, 5.74) is 2.73. The standard InChI is InChI=1S/C21H19BrN2O4/c1-27-20-11-16(13-23-17-8-5-9-18(12-17)24(25)26)10-19(22)21(20)28-14-15-6-3-2-4-7-15/h2-12,23H,13-14H2,1H3. The third-order valence-corrected chi connectivity index (χ3v) is 4.66. The van der Waals surface area contributed by atoms with E-state index in [0.717, 1.165) is 15.6 Å². The summed E-state index contributed by atoms with van der Waals surface area (Å²) in [5.74, 6) is 1.24. The molecule has 0 bridgehead atoms. The predicted molar refractivity (Wildman–Crippen MR) is 112 cm³/mol. The van der Waals surface area contributed by atoms with Crippen LogP contribution in [0.2, 0.25) is 0 Å². The van der Waals surface area contributed by atoms with Crippen LogP contribution in [0.4, 0.5) is 11.4 Å². The molecule has 0 amide bonds. The number of nitrogens with one attached hydrogen (secondary N) is 1. The van der Waals surface area contributed by atoms with E-state index in [9.17, 15) is 10.1 Å². The molecule has 0 aliphatic carbocycles. The molecule has 0 unspecified atom stereocenters. The fraction of sp³-hybridized carbons (Fsp3) is 0.143. The van der Waals surface area contributed by atoms with Gasteiger partial charge in [0, 0.05) is 24.4 Å². The molecule has 0 radical (unpaired) electrons. The fourth-order valence-corrected chi connectivity index (χ4v) is 3.28. The number of nitro benzene ring substituents is 1. The first kappa shape index (κ1) is 19.7. The Morgan fingerprint density at radius 2 is 1.82 bits per heavy atom. The van der Waals surface area contributed by atoms with Crippen molar-refractivity contribution in [2.24, 2.45) is 0 Å². The molecule has 0 aliphatic rings. The van der Waals surface area contributed by atoms with Crippen LogP contribution in [0.5, 0.6) is 11.5 Å². The second-order valence-corrected chi connectivity index (χ2v) is 6.90. The number of benzene rings is 3. The molecule has 0 heterocycles. The average molecular weight is 443 g/mol. The molecule has 28 heavy (non-hydrogen) atoms. The van der Waals surface area contributed by atoms with Gasteiger partial charge < -0.3 is 14.8 Å². The summed E-state index contributed by atoms with van der Waals surface area (Å²) in [4.78, 5) is 10.5. The lowest BCUT2D eigenvalue weighted by molar-refractivity contribution is -0.384. The topological polar surface area (TPSA) is 73.6 Å². The van der Waals surface area contributed by atoms with Crippen LogP contribution in [0.1, 0.15) is 11.1 Å². The molecule has 0 atom stereocenters. The van der Waals surface area contributed by atoms with E-state index < -0.39 is 4.92 Å². The highest BCUT2D eigenvalue weighted by molar-refractivity contribution is 9.10. The van der Waals surface area contributed by atoms with Gasteiger partial charge in [-0.1, -0.05) is 36.4 Å². The van der Waals surface area contributed by atoms with Gasteiger partial charge in [-0.25, -0.2) is 0 Å². The van der Waals surface area contributed by atoms with Gasteiger partial charge in [0.05, 0.1) is 16.5 Å². The molecule has 0 fully saturated rings. The smallest absolute Gasteiger partial charge is 0.271 e. The molecule has 0 saturated heterocycles. The summed E-state index contributed by atoms with van der Waals surface area (Å²) in [7, 11) is 1.59. The lowest BCUT2D eigenvalue weighted by Crippen LogP contribution is -2.03. The van der Waals surface area contributed by atoms with E-state index in [-0.39, 0.29) is 5.69 Å². The van der Waals surface area contributed by atoms with Crippen molar-refractivity contribution in [1.82, 2.24) is 0 Å². The molecule has 3 rings (SSSR count). The third kappa shape index (κ3) is 5.01. The van der Waals surface area contributed by atoms with Gasteiger partial charge in [-0.15, -0.1) is 0 Å². The van der Waals surface area contributed by atoms with E-state index in [1.165, 1.54) is 12.1 Å². The van der Waals surface area contributed by atoms with Crippen molar-refractivity contribution in [2.45, 2.75) is 13.2 Å². The van der Waals surface area contributed by atoms with Crippen LogP contribution in [-0.2, 0) is 13.2 Å². The summed E-state index contributed by atoms with van der Waals surface area (Å²) < 4.78 is 12.2. The van der Waals surface area contributed by atoms with Crippen molar-refractivity contribution in [1.29, 1.82) is 0 Å². The number of hydrogen-bond acceptors (Lipinski definition) is 5. The van der Waals surface area contributed by atoms with E-state index in [1.54, 1.807) is 19.2 Å². The number of halogens is 1. The zero-order valence-corrected chi connectivity index (χ0v) is 16.8. The number of anilines is 1. The molecular formula is C21H19BrN2O4. The van der Waals surface area contributed by atoms with E-state index >= 15 is 0 Å². The molecule has 0 aromatic heterocycles. The zero-order chi connectivity index (χ0) is 19.9. The minimum Gasteiger partial charge on any atom is -0.493 e. The SMILES string of the molecule is COc1cc(CNc2cccc([N+](=O)[O-])c2)cc(Br)c1OCc1ccccc1. The minimum atomic E-state index is -0.413. The van der Waals surface area contributed by atoms with Crippen LogP contribution < -0.4 is 14.8 Å². The van der Waals surface area contributed by atoms with E-state index in [0.29, 0.717) is 30.3 Å². The number of methoxy groups -OCH3 is 1. The van der Waals surface area contributed by atoms with Gasteiger partial charge in [-0.2, -0.15) is 0 Å². The first-order valence-corrected chi connectivity index (χ1v) is 9.37. The Morgan fingerprint density at radius 3 is 2.54 bits per heavy atom. The minimum absolute atomic E-state index is 0.0495. The maximum atomic E-state index is 10.9. The second-order valence-electron chi connectivity index (χ2n) is 6.04. The Morgan fingerprint density at radius 1 is 1.04 bits per heavy atom. The summed E-state index contributed by atoms with van der Waals surface area (Å²) >= 11 is 3.55. The Balaban J connectivity index is 1.72. The average Bonchev–Trinajstić information content (AvgIpc) is 2.72. The number of rotatable bonds is 8. The summed E-state index contributed by atoms with van der Waals surface area (Å²) in [6.45, 7) is 0.913. The highest BCUT2D eigenvalue weighted by Crippen LogP contribution is 2.37. The van der Waals surface area contributed by atoms with Crippen LogP contribution in [0.3, 0.4) is 0 Å². The molecule has 0 spiro atoms. The lowest BCUT2D eigenvalue weighted by atomic mass is 10.2. The Kier molecular flexibility index (Phi) is 6.49. The van der Waals surface area contributed by atoms with Crippen molar-refractivity contribution in [2.75, 3.05) is 12.4 Å². The number of ether oxygens (including phenoxy) is 2. The van der Waals surface area contributed by atoms with E-state index in [4.69, 9.17) is 9.47 Å². The van der Waals surface area contributed by atoms with Crippen LogP contribution in [0.25, 0.3) is 0 Å².